The third-order valence-electron chi connectivity index (χ3n) is 2.56. The predicted octanol–water partition coefficient (Wildman–Crippen LogP) is 0.628. The topological polar surface area (TPSA) is 67.6 Å². The minimum atomic E-state index is -0.814. The highest BCUT2D eigenvalue weighted by Gasteiger charge is 2.08. The van der Waals surface area contributed by atoms with Crippen molar-refractivity contribution < 1.29 is 9.90 Å². The van der Waals surface area contributed by atoms with Crippen LogP contribution in [0.25, 0.3) is 0 Å². The summed E-state index contributed by atoms with van der Waals surface area (Å²) in [5.74, 6) is -0.814. The fourth-order valence-corrected chi connectivity index (χ4v) is 1.45. The van der Waals surface area contributed by atoms with Gasteiger partial charge >= 0.3 is 5.97 Å². The second-order valence-corrected chi connectivity index (χ2v) is 3.60. The zero-order valence-electron chi connectivity index (χ0n) is 10.1. The number of carboxylic acid groups (broad SMARTS) is 1. The number of nitriles is 1. The highest BCUT2D eigenvalue weighted by Crippen LogP contribution is 1.94. The van der Waals surface area contributed by atoms with Crippen molar-refractivity contribution in [3.05, 3.63) is 0 Å². The maximum Gasteiger partial charge on any atom is 0.304 e. The molecule has 0 aliphatic heterocycles. The van der Waals surface area contributed by atoms with Gasteiger partial charge in [0, 0.05) is 19.6 Å². The molecule has 0 aromatic carbocycles. The highest BCUT2D eigenvalue weighted by atomic mass is 16.4. The summed E-state index contributed by atoms with van der Waals surface area (Å²) in [6.07, 6.45) is 0.0972. The molecule has 0 aromatic rings. The van der Waals surface area contributed by atoms with Crippen molar-refractivity contribution in [2.75, 3.05) is 39.3 Å². The number of nitrogens with zero attached hydrogens (tertiary/aromatic N) is 3. The Morgan fingerprint density at radius 2 is 1.75 bits per heavy atom. The predicted molar refractivity (Wildman–Crippen MR) is 62.1 cm³/mol. The summed E-state index contributed by atoms with van der Waals surface area (Å²) in [6.45, 7) is 8.53. The molecule has 5 nitrogen and oxygen atoms in total. The number of likely N-dealkylation sites (N-methyl/N-ethyl adjacent to an activating group) is 1. The fourth-order valence-electron chi connectivity index (χ4n) is 1.45. The molecule has 16 heavy (non-hydrogen) atoms. The van der Waals surface area contributed by atoms with Crippen LogP contribution in [0, 0.1) is 11.3 Å². The summed E-state index contributed by atoms with van der Waals surface area (Å²) < 4.78 is 0. The van der Waals surface area contributed by atoms with E-state index in [1.54, 1.807) is 0 Å². The van der Waals surface area contributed by atoms with Gasteiger partial charge in [-0.2, -0.15) is 5.26 Å². The maximum atomic E-state index is 10.4. The van der Waals surface area contributed by atoms with Crippen LogP contribution < -0.4 is 0 Å². The standard InChI is InChI=1S/C11H21N3O2/c1-3-13(4-2)9-10-14(8-6-12)7-5-11(15)16/h3-5,7-10H2,1-2H3,(H,15,16). The molecule has 0 spiro atoms. The van der Waals surface area contributed by atoms with Crippen LogP contribution >= 0.6 is 0 Å². The quantitative estimate of drug-likeness (QED) is 0.585. The van der Waals surface area contributed by atoms with Crippen molar-refractivity contribution in [1.82, 2.24) is 9.80 Å². The Balaban J connectivity index is 3.93. The van der Waals surface area contributed by atoms with E-state index in [9.17, 15) is 4.79 Å². The Kier molecular flexibility index (Phi) is 8.49. The summed E-state index contributed by atoms with van der Waals surface area (Å²) in [5.41, 5.74) is 0. The molecule has 92 valence electrons. The van der Waals surface area contributed by atoms with E-state index < -0.39 is 5.97 Å². The molecule has 0 rings (SSSR count). The molecule has 0 atom stereocenters. The summed E-state index contributed by atoms with van der Waals surface area (Å²) in [4.78, 5) is 14.6. The Morgan fingerprint density at radius 3 is 2.19 bits per heavy atom. The van der Waals surface area contributed by atoms with E-state index in [1.807, 2.05) is 4.90 Å². The third-order valence-corrected chi connectivity index (χ3v) is 2.56. The number of hydrogen-bond acceptors (Lipinski definition) is 4. The van der Waals surface area contributed by atoms with Crippen molar-refractivity contribution in [1.29, 1.82) is 5.26 Å². The average Bonchev–Trinajstić information content (AvgIpc) is 2.26. The van der Waals surface area contributed by atoms with Crippen molar-refractivity contribution in [2.45, 2.75) is 20.3 Å². The molecule has 0 saturated carbocycles. The van der Waals surface area contributed by atoms with Gasteiger partial charge < -0.3 is 10.0 Å². The van der Waals surface area contributed by atoms with Gasteiger partial charge in [0.15, 0.2) is 0 Å². The molecule has 0 fully saturated rings. The molecule has 0 aliphatic carbocycles. The summed E-state index contributed by atoms with van der Waals surface area (Å²) in [6, 6.07) is 2.07. The number of aliphatic carboxylic acids is 1. The van der Waals surface area contributed by atoms with Crippen molar-refractivity contribution in [3.8, 4) is 6.07 Å². The van der Waals surface area contributed by atoms with Gasteiger partial charge in [-0.1, -0.05) is 13.8 Å². The molecule has 0 heterocycles. The minimum absolute atomic E-state index is 0.0972. The van der Waals surface area contributed by atoms with E-state index in [4.69, 9.17) is 10.4 Å². The SMILES string of the molecule is CCN(CC)CCN(CC#N)CCC(=O)O. The van der Waals surface area contributed by atoms with Gasteiger partial charge in [0.05, 0.1) is 19.0 Å². The molecule has 5 heteroatoms. The van der Waals surface area contributed by atoms with E-state index in [1.165, 1.54) is 0 Å². The van der Waals surface area contributed by atoms with Crippen molar-refractivity contribution >= 4 is 5.97 Å². The first-order valence-electron chi connectivity index (χ1n) is 5.67. The first kappa shape index (κ1) is 14.9. The highest BCUT2D eigenvalue weighted by molar-refractivity contribution is 5.66. The number of rotatable bonds is 9. The lowest BCUT2D eigenvalue weighted by molar-refractivity contribution is -0.137. The van der Waals surface area contributed by atoms with Crippen LogP contribution in [-0.2, 0) is 4.79 Å². The Morgan fingerprint density at radius 1 is 1.19 bits per heavy atom. The van der Waals surface area contributed by atoms with Crippen LogP contribution in [0.4, 0.5) is 0 Å². The van der Waals surface area contributed by atoms with E-state index in [-0.39, 0.29) is 6.42 Å². The number of carboxylic acids is 1. The lowest BCUT2D eigenvalue weighted by Gasteiger charge is -2.23. The van der Waals surface area contributed by atoms with E-state index in [0.717, 1.165) is 26.2 Å². The summed E-state index contributed by atoms with van der Waals surface area (Å²) in [7, 11) is 0. The van der Waals surface area contributed by atoms with E-state index in [2.05, 4.69) is 24.8 Å². The molecule has 0 radical (unpaired) electrons. The van der Waals surface area contributed by atoms with Gasteiger partial charge in [-0.15, -0.1) is 0 Å². The van der Waals surface area contributed by atoms with Gasteiger partial charge in [-0.25, -0.2) is 0 Å². The molecule has 0 aliphatic rings. The van der Waals surface area contributed by atoms with Crippen molar-refractivity contribution in [2.24, 2.45) is 0 Å². The van der Waals surface area contributed by atoms with Gasteiger partial charge in [0.1, 0.15) is 0 Å². The largest absolute Gasteiger partial charge is 0.481 e. The van der Waals surface area contributed by atoms with Crippen LogP contribution in [-0.4, -0.2) is 60.1 Å². The van der Waals surface area contributed by atoms with Crippen LogP contribution in [0.2, 0.25) is 0 Å². The van der Waals surface area contributed by atoms with Gasteiger partial charge in [0.2, 0.25) is 0 Å². The van der Waals surface area contributed by atoms with Gasteiger partial charge in [-0.3, -0.25) is 9.69 Å². The van der Waals surface area contributed by atoms with Crippen LogP contribution in [0.3, 0.4) is 0 Å². The number of hydrogen-bond donors (Lipinski definition) is 1. The second-order valence-electron chi connectivity index (χ2n) is 3.60. The Hall–Kier alpha value is -1.12. The van der Waals surface area contributed by atoms with Gasteiger partial charge in [0.25, 0.3) is 0 Å². The zero-order chi connectivity index (χ0) is 12.4. The lowest BCUT2D eigenvalue weighted by Crippen LogP contribution is -2.36. The molecule has 1 N–H and O–H groups in total. The van der Waals surface area contributed by atoms with Crippen LogP contribution in [0.15, 0.2) is 0 Å². The second kappa shape index (κ2) is 9.13. The maximum absolute atomic E-state index is 10.4. The van der Waals surface area contributed by atoms with Crippen LogP contribution in [0.5, 0.6) is 0 Å². The monoisotopic (exact) mass is 227 g/mol. The lowest BCUT2D eigenvalue weighted by atomic mass is 10.3. The molecule has 0 bridgehead atoms. The summed E-state index contributed by atoms with van der Waals surface area (Å²) in [5, 5.41) is 17.2. The van der Waals surface area contributed by atoms with Crippen molar-refractivity contribution in [3.63, 3.8) is 0 Å². The smallest absolute Gasteiger partial charge is 0.304 e. The molecule has 0 amide bonds. The summed E-state index contributed by atoms with van der Waals surface area (Å²) >= 11 is 0. The molecule has 0 saturated heterocycles. The number of carbonyl (C=O) groups is 1. The third kappa shape index (κ3) is 7.21. The van der Waals surface area contributed by atoms with E-state index in [0.29, 0.717) is 13.1 Å². The zero-order valence-corrected chi connectivity index (χ0v) is 10.1. The Labute approximate surface area is 97.3 Å². The fraction of sp³-hybridized carbons (Fsp3) is 0.818. The Bertz CT molecular complexity index is 234. The molecular weight excluding hydrogens is 206 g/mol. The molecular formula is C11H21N3O2. The first-order valence-corrected chi connectivity index (χ1v) is 5.67. The average molecular weight is 227 g/mol. The normalized spacial score (nSPS) is 10.7. The minimum Gasteiger partial charge on any atom is -0.481 e. The van der Waals surface area contributed by atoms with Gasteiger partial charge in [-0.05, 0) is 13.1 Å². The van der Waals surface area contributed by atoms with Crippen LogP contribution in [0.1, 0.15) is 20.3 Å². The molecule has 0 unspecified atom stereocenters. The first-order chi connectivity index (χ1) is 7.63. The molecule has 0 aromatic heterocycles. The van der Waals surface area contributed by atoms with E-state index >= 15 is 0 Å².